The van der Waals surface area contributed by atoms with Crippen LogP contribution in [0, 0.1) is 0 Å². The van der Waals surface area contributed by atoms with Gasteiger partial charge in [0.05, 0.1) is 18.3 Å². The highest BCUT2D eigenvalue weighted by Crippen LogP contribution is 2.58. The van der Waals surface area contributed by atoms with E-state index in [0.29, 0.717) is 7.11 Å². The SMILES string of the molecule is CCOC(=O)c1cccc(C(CC(F)(F)C(F)(F)C(F)(F)C(F)(F)C(F)(F)F)OC)c1. The summed E-state index contributed by atoms with van der Waals surface area (Å²) in [6.45, 7) is 1.34. The first-order valence-electron chi connectivity index (χ1n) is 8.25. The number of carbonyl (C=O) groups excluding carboxylic acids is 1. The van der Waals surface area contributed by atoms with E-state index >= 15 is 0 Å². The zero-order valence-electron chi connectivity index (χ0n) is 15.7. The predicted octanol–water partition coefficient (Wildman–Crippen LogP) is 6.04. The molecule has 31 heavy (non-hydrogen) atoms. The maximum atomic E-state index is 14.0. The number of methoxy groups -OCH3 is 1. The van der Waals surface area contributed by atoms with Crippen molar-refractivity contribution in [1.82, 2.24) is 0 Å². The molecule has 0 aliphatic carbocycles. The zero-order chi connectivity index (χ0) is 24.5. The van der Waals surface area contributed by atoms with Gasteiger partial charge in [0.2, 0.25) is 0 Å². The van der Waals surface area contributed by atoms with E-state index < -0.39 is 53.9 Å². The second-order valence-electron chi connectivity index (χ2n) is 6.20. The van der Waals surface area contributed by atoms with Gasteiger partial charge in [-0.3, -0.25) is 0 Å². The van der Waals surface area contributed by atoms with E-state index in [1.165, 1.54) is 6.92 Å². The molecule has 1 aromatic carbocycles. The fourth-order valence-electron chi connectivity index (χ4n) is 2.38. The molecule has 0 fully saturated rings. The fourth-order valence-corrected chi connectivity index (χ4v) is 2.38. The largest absolute Gasteiger partial charge is 0.462 e. The number of carbonyl (C=O) groups is 1. The number of halogens is 11. The average Bonchev–Trinajstić information content (AvgIpc) is 2.65. The molecule has 0 aliphatic heterocycles. The maximum Gasteiger partial charge on any atom is 0.460 e. The van der Waals surface area contributed by atoms with Gasteiger partial charge in [0.1, 0.15) is 0 Å². The molecule has 0 N–H and O–H groups in total. The van der Waals surface area contributed by atoms with Crippen LogP contribution in [0.15, 0.2) is 24.3 Å². The molecule has 0 aromatic heterocycles. The summed E-state index contributed by atoms with van der Waals surface area (Å²) in [6.07, 6.45) is -11.8. The molecule has 0 saturated heterocycles. The smallest absolute Gasteiger partial charge is 0.460 e. The van der Waals surface area contributed by atoms with E-state index in [1.54, 1.807) is 0 Å². The third-order valence-corrected chi connectivity index (χ3v) is 4.10. The number of hydrogen-bond acceptors (Lipinski definition) is 3. The van der Waals surface area contributed by atoms with E-state index in [2.05, 4.69) is 9.47 Å². The summed E-state index contributed by atoms with van der Waals surface area (Å²) < 4.78 is 154. The standard InChI is InChI=1S/C17H15F11O3/c1-3-31-12(29)10-6-4-5-9(7-10)11(30-2)8-13(18,19)14(20,21)15(22,23)16(24,25)17(26,27)28/h4-7,11H,3,8H2,1-2H3. The Balaban J connectivity index is 3.32. The fraction of sp³-hybridized carbons (Fsp3) is 0.588. The van der Waals surface area contributed by atoms with Crippen LogP contribution in [0.3, 0.4) is 0 Å². The summed E-state index contributed by atoms with van der Waals surface area (Å²) in [7, 11) is 0.665. The van der Waals surface area contributed by atoms with Crippen LogP contribution >= 0.6 is 0 Å². The van der Waals surface area contributed by atoms with Crippen molar-refractivity contribution in [1.29, 1.82) is 0 Å². The van der Waals surface area contributed by atoms with Gasteiger partial charge in [-0.15, -0.1) is 0 Å². The quantitative estimate of drug-likeness (QED) is 0.322. The monoisotopic (exact) mass is 476 g/mol. The van der Waals surface area contributed by atoms with Gasteiger partial charge in [-0.1, -0.05) is 12.1 Å². The summed E-state index contributed by atoms with van der Waals surface area (Å²) in [5.74, 6) is -29.1. The van der Waals surface area contributed by atoms with E-state index in [9.17, 15) is 53.1 Å². The highest BCUT2D eigenvalue weighted by Gasteiger charge is 2.87. The first-order chi connectivity index (χ1) is 13.9. The molecule has 0 heterocycles. The van der Waals surface area contributed by atoms with Crippen molar-refractivity contribution < 1.29 is 62.6 Å². The highest BCUT2D eigenvalue weighted by molar-refractivity contribution is 5.89. The van der Waals surface area contributed by atoms with Crippen LogP contribution in [0.5, 0.6) is 0 Å². The Bertz CT molecular complexity index is 775. The van der Waals surface area contributed by atoms with Crippen LogP contribution in [0.1, 0.15) is 35.4 Å². The van der Waals surface area contributed by atoms with E-state index in [0.717, 1.165) is 24.3 Å². The molecule has 1 unspecified atom stereocenters. The lowest BCUT2D eigenvalue weighted by atomic mass is 9.92. The number of alkyl halides is 11. The summed E-state index contributed by atoms with van der Waals surface area (Å²) in [5.41, 5.74) is -0.722. The Morgan fingerprint density at radius 3 is 1.90 bits per heavy atom. The number of esters is 1. The molecular formula is C17H15F11O3. The predicted molar refractivity (Wildman–Crippen MR) is 82.6 cm³/mol. The van der Waals surface area contributed by atoms with Crippen LogP contribution < -0.4 is 0 Å². The molecule has 0 spiro atoms. The Hall–Kier alpha value is -2.12. The van der Waals surface area contributed by atoms with Gasteiger partial charge in [0, 0.05) is 13.5 Å². The number of ether oxygens (including phenoxy) is 2. The first kappa shape index (κ1) is 26.9. The third-order valence-electron chi connectivity index (χ3n) is 4.10. The van der Waals surface area contributed by atoms with Gasteiger partial charge in [0.15, 0.2) is 0 Å². The normalized spacial score (nSPS) is 15.0. The van der Waals surface area contributed by atoms with Crippen molar-refractivity contribution in [3.05, 3.63) is 35.4 Å². The lowest BCUT2D eigenvalue weighted by Crippen LogP contribution is -2.66. The molecule has 0 amide bonds. The van der Waals surface area contributed by atoms with E-state index in [-0.39, 0.29) is 12.2 Å². The Morgan fingerprint density at radius 1 is 0.903 bits per heavy atom. The molecule has 3 nitrogen and oxygen atoms in total. The Kier molecular flexibility index (Phi) is 7.63. The Morgan fingerprint density at radius 2 is 1.45 bits per heavy atom. The molecule has 1 atom stereocenters. The second-order valence-corrected chi connectivity index (χ2v) is 6.20. The molecular weight excluding hydrogens is 461 g/mol. The summed E-state index contributed by atoms with van der Waals surface area (Å²) in [4.78, 5) is 11.7. The zero-order valence-corrected chi connectivity index (χ0v) is 15.7. The average molecular weight is 476 g/mol. The molecule has 1 aromatic rings. The molecule has 0 aliphatic rings. The number of benzene rings is 1. The van der Waals surface area contributed by atoms with E-state index in [1.807, 2.05) is 0 Å². The van der Waals surface area contributed by atoms with Gasteiger partial charge in [-0.05, 0) is 24.6 Å². The highest BCUT2D eigenvalue weighted by atomic mass is 19.4. The molecule has 0 radical (unpaired) electrons. The second kappa shape index (κ2) is 8.79. The molecule has 0 bridgehead atoms. The minimum Gasteiger partial charge on any atom is -0.462 e. The van der Waals surface area contributed by atoms with E-state index in [4.69, 9.17) is 0 Å². The van der Waals surface area contributed by atoms with Crippen molar-refractivity contribution >= 4 is 5.97 Å². The van der Waals surface area contributed by atoms with Gasteiger partial charge in [-0.2, -0.15) is 48.3 Å². The van der Waals surface area contributed by atoms with Crippen LogP contribution in [0.4, 0.5) is 48.3 Å². The Labute approximate surface area is 168 Å². The molecule has 178 valence electrons. The van der Waals surface area contributed by atoms with Crippen molar-refractivity contribution in [3.63, 3.8) is 0 Å². The van der Waals surface area contributed by atoms with Crippen LogP contribution in [-0.2, 0) is 9.47 Å². The summed E-state index contributed by atoms with van der Waals surface area (Å²) in [6, 6.07) is 3.96. The van der Waals surface area contributed by atoms with Gasteiger partial charge < -0.3 is 9.47 Å². The van der Waals surface area contributed by atoms with Gasteiger partial charge in [-0.25, -0.2) is 4.79 Å². The third kappa shape index (κ3) is 4.88. The van der Waals surface area contributed by atoms with Gasteiger partial charge >= 0.3 is 35.8 Å². The lowest BCUT2D eigenvalue weighted by Gasteiger charge is -2.38. The summed E-state index contributed by atoms with van der Waals surface area (Å²) >= 11 is 0. The van der Waals surface area contributed by atoms with Crippen molar-refractivity contribution in [2.24, 2.45) is 0 Å². The number of rotatable bonds is 9. The summed E-state index contributed by atoms with van der Waals surface area (Å²) in [5, 5.41) is 0. The number of hydrogen-bond donors (Lipinski definition) is 0. The lowest BCUT2D eigenvalue weighted by molar-refractivity contribution is -0.423. The van der Waals surface area contributed by atoms with Gasteiger partial charge in [0.25, 0.3) is 0 Å². The van der Waals surface area contributed by atoms with Crippen LogP contribution in [0.2, 0.25) is 0 Å². The van der Waals surface area contributed by atoms with Crippen molar-refractivity contribution in [2.45, 2.75) is 49.3 Å². The van der Waals surface area contributed by atoms with Crippen molar-refractivity contribution in [3.8, 4) is 0 Å². The first-order valence-corrected chi connectivity index (χ1v) is 8.25. The molecule has 0 saturated carbocycles. The molecule has 14 heteroatoms. The van der Waals surface area contributed by atoms with Crippen LogP contribution in [-0.4, -0.2) is 49.6 Å². The topological polar surface area (TPSA) is 35.5 Å². The minimum absolute atomic E-state index is 0.0937. The van der Waals surface area contributed by atoms with Crippen LogP contribution in [0.25, 0.3) is 0 Å². The van der Waals surface area contributed by atoms with Crippen molar-refractivity contribution in [2.75, 3.05) is 13.7 Å². The maximum absolute atomic E-state index is 14.0. The molecule has 1 rings (SSSR count). The minimum atomic E-state index is -7.49.